The lowest BCUT2D eigenvalue weighted by atomic mass is 9.98. The van der Waals surface area contributed by atoms with Gasteiger partial charge in [-0.25, -0.2) is 0 Å². The number of nitrogens with one attached hydrogen (secondary N) is 2. The lowest BCUT2D eigenvalue weighted by Crippen LogP contribution is -2.42. The molecule has 2 aromatic rings. The fourth-order valence-corrected chi connectivity index (χ4v) is 3.58. The van der Waals surface area contributed by atoms with E-state index in [4.69, 9.17) is 14.2 Å². The van der Waals surface area contributed by atoms with E-state index in [1.54, 1.807) is 28.4 Å². The van der Waals surface area contributed by atoms with Gasteiger partial charge >= 0.3 is 0 Å². The maximum atomic E-state index is 5.47. The molecule has 184 valence electrons. The molecule has 0 aliphatic carbocycles. The Bertz CT molecular complexity index is 859. The summed E-state index contributed by atoms with van der Waals surface area (Å²) in [7, 11) is 10.9. The molecule has 0 saturated carbocycles. The normalized spacial score (nSPS) is 13.0. The van der Waals surface area contributed by atoms with Crippen molar-refractivity contribution in [2.24, 2.45) is 4.99 Å². The summed E-state index contributed by atoms with van der Waals surface area (Å²) in [5, 5.41) is 6.88. The summed E-state index contributed by atoms with van der Waals surface area (Å²) >= 11 is 0. The van der Waals surface area contributed by atoms with E-state index in [0.717, 1.165) is 41.7 Å². The van der Waals surface area contributed by atoms with Crippen molar-refractivity contribution in [3.8, 4) is 17.2 Å². The predicted octanol–water partition coefficient (Wildman–Crippen LogP) is 4.29. The van der Waals surface area contributed by atoms with Crippen LogP contribution >= 0.6 is 24.0 Å². The molecule has 0 aliphatic heterocycles. The highest BCUT2D eigenvalue weighted by Gasteiger charge is 2.17. The van der Waals surface area contributed by atoms with Crippen LogP contribution in [-0.4, -0.2) is 66.4 Å². The van der Waals surface area contributed by atoms with E-state index in [2.05, 4.69) is 59.7 Å². The molecular formula is C25H39IN4O3. The molecule has 0 bridgehead atoms. The molecule has 0 aliphatic rings. The Labute approximate surface area is 215 Å². The Morgan fingerprint density at radius 2 is 1.55 bits per heavy atom. The van der Waals surface area contributed by atoms with Crippen molar-refractivity contribution in [1.82, 2.24) is 15.5 Å². The third-order valence-corrected chi connectivity index (χ3v) is 5.66. The first kappa shape index (κ1) is 28.8. The second kappa shape index (κ2) is 14.8. The number of methoxy groups -OCH3 is 3. The highest BCUT2D eigenvalue weighted by atomic mass is 127. The van der Waals surface area contributed by atoms with Crippen molar-refractivity contribution >= 4 is 29.9 Å². The van der Waals surface area contributed by atoms with Crippen LogP contribution in [0.5, 0.6) is 17.2 Å². The Morgan fingerprint density at radius 1 is 0.909 bits per heavy atom. The van der Waals surface area contributed by atoms with Gasteiger partial charge in [0.05, 0.1) is 27.4 Å². The summed E-state index contributed by atoms with van der Waals surface area (Å²) in [5.41, 5.74) is 2.44. The van der Waals surface area contributed by atoms with Gasteiger partial charge in [-0.15, -0.1) is 24.0 Å². The molecule has 7 nitrogen and oxygen atoms in total. The van der Waals surface area contributed by atoms with Crippen molar-refractivity contribution in [3.05, 3.63) is 53.6 Å². The summed E-state index contributed by atoms with van der Waals surface area (Å²) in [6.45, 7) is 3.77. The first-order chi connectivity index (χ1) is 15.4. The molecule has 0 saturated heterocycles. The second-order valence-electron chi connectivity index (χ2n) is 7.94. The van der Waals surface area contributed by atoms with E-state index in [0.29, 0.717) is 12.5 Å². The number of ether oxygens (including phenoxy) is 3. The van der Waals surface area contributed by atoms with Crippen LogP contribution in [0.25, 0.3) is 0 Å². The number of nitrogens with zero attached hydrogens (tertiary/aromatic N) is 2. The number of hydrogen-bond donors (Lipinski definition) is 2. The van der Waals surface area contributed by atoms with Crippen molar-refractivity contribution < 1.29 is 14.2 Å². The summed E-state index contributed by atoms with van der Waals surface area (Å²) in [4.78, 5) is 6.55. The maximum Gasteiger partial charge on any atom is 0.191 e. The molecule has 2 atom stereocenters. The Kier molecular flexibility index (Phi) is 13.0. The van der Waals surface area contributed by atoms with Gasteiger partial charge in [-0.2, -0.15) is 0 Å². The van der Waals surface area contributed by atoms with Crippen molar-refractivity contribution in [1.29, 1.82) is 0 Å². The monoisotopic (exact) mass is 570 g/mol. The lowest BCUT2D eigenvalue weighted by molar-refractivity contribution is 0.295. The molecule has 33 heavy (non-hydrogen) atoms. The van der Waals surface area contributed by atoms with E-state index in [9.17, 15) is 0 Å². The third-order valence-electron chi connectivity index (χ3n) is 5.66. The quantitative estimate of drug-likeness (QED) is 0.239. The van der Waals surface area contributed by atoms with E-state index in [-0.39, 0.29) is 30.0 Å². The number of aliphatic imine (C=N–C) groups is 1. The standard InChI is InChI=1S/C25H38N4O3.HI/c1-18(19-8-11-21(30-5)12-9-19)14-15-27-25(26-2)28-17-22(29(3)4)20-10-13-23(31-6)24(16-20)32-7;/h8-13,16,18,22H,14-15,17H2,1-7H3,(H2,26,27,28);1H. The minimum Gasteiger partial charge on any atom is -0.497 e. The fraction of sp³-hybridized carbons (Fsp3) is 0.480. The van der Waals surface area contributed by atoms with Crippen LogP contribution in [0.1, 0.15) is 36.4 Å². The zero-order chi connectivity index (χ0) is 23.5. The van der Waals surface area contributed by atoms with Gasteiger partial charge in [0.2, 0.25) is 0 Å². The smallest absolute Gasteiger partial charge is 0.191 e. The number of benzene rings is 2. The van der Waals surface area contributed by atoms with Crippen LogP contribution in [-0.2, 0) is 0 Å². The average Bonchev–Trinajstić information content (AvgIpc) is 2.82. The lowest BCUT2D eigenvalue weighted by Gasteiger charge is -2.26. The van der Waals surface area contributed by atoms with Crippen molar-refractivity contribution in [2.75, 3.05) is 55.6 Å². The van der Waals surface area contributed by atoms with Gasteiger partial charge in [0.15, 0.2) is 17.5 Å². The van der Waals surface area contributed by atoms with Crippen LogP contribution < -0.4 is 24.8 Å². The largest absolute Gasteiger partial charge is 0.497 e. The highest BCUT2D eigenvalue weighted by Crippen LogP contribution is 2.31. The molecule has 0 heterocycles. The van der Waals surface area contributed by atoms with Crippen LogP contribution in [0, 0.1) is 0 Å². The minimum atomic E-state index is 0. The SMILES string of the molecule is CN=C(NCCC(C)c1ccc(OC)cc1)NCC(c1ccc(OC)c(OC)c1)N(C)C.I. The predicted molar refractivity (Wildman–Crippen MR) is 147 cm³/mol. The summed E-state index contributed by atoms with van der Waals surface area (Å²) < 4.78 is 16.1. The van der Waals surface area contributed by atoms with Gasteiger partial charge < -0.3 is 29.7 Å². The second-order valence-corrected chi connectivity index (χ2v) is 7.94. The molecule has 2 N–H and O–H groups in total. The zero-order valence-corrected chi connectivity index (χ0v) is 23.2. The number of likely N-dealkylation sites (N-methyl/N-ethyl adjacent to an activating group) is 1. The Morgan fingerprint density at radius 3 is 2.09 bits per heavy atom. The minimum absolute atomic E-state index is 0. The number of halogens is 1. The summed E-state index contributed by atoms with van der Waals surface area (Å²) in [5.74, 6) is 3.57. The number of hydrogen-bond acceptors (Lipinski definition) is 5. The van der Waals surface area contributed by atoms with Gasteiger partial charge in [0.1, 0.15) is 5.75 Å². The van der Waals surface area contributed by atoms with Crippen LogP contribution in [0.3, 0.4) is 0 Å². The average molecular weight is 571 g/mol. The molecule has 2 rings (SSSR count). The highest BCUT2D eigenvalue weighted by molar-refractivity contribution is 14.0. The molecule has 2 unspecified atom stereocenters. The topological polar surface area (TPSA) is 67.4 Å². The third kappa shape index (κ3) is 8.58. The van der Waals surface area contributed by atoms with Crippen LogP contribution in [0.2, 0.25) is 0 Å². The molecular weight excluding hydrogens is 531 g/mol. The Balaban J connectivity index is 0.00000544. The van der Waals surface area contributed by atoms with Gasteiger partial charge in [0.25, 0.3) is 0 Å². The van der Waals surface area contributed by atoms with Gasteiger partial charge in [-0.3, -0.25) is 4.99 Å². The van der Waals surface area contributed by atoms with E-state index < -0.39 is 0 Å². The van der Waals surface area contributed by atoms with Gasteiger partial charge in [0, 0.05) is 20.1 Å². The fourth-order valence-electron chi connectivity index (χ4n) is 3.58. The summed E-state index contributed by atoms with van der Waals surface area (Å²) in [6, 6.07) is 14.5. The van der Waals surface area contributed by atoms with E-state index >= 15 is 0 Å². The maximum absolute atomic E-state index is 5.47. The number of rotatable bonds is 11. The van der Waals surface area contributed by atoms with E-state index in [1.807, 2.05) is 24.3 Å². The molecule has 0 spiro atoms. The zero-order valence-electron chi connectivity index (χ0n) is 20.8. The molecule has 0 amide bonds. The van der Waals surface area contributed by atoms with Crippen LogP contribution in [0.15, 0.2) is 47.5 Å². The molecule has 0 radical (unpaired) electrons. The number of guanidine groups is 1. The van der Waals surface area contributed by atoms with Crippen molar-refractivity contribution in [2.45, 2.75) is 25.3 Å². The van der Waals surface area contributed by atoms with Gasteiger partial charge in [-0.05, 0) is 61.8 Å². The summed E-state index contributed by atoms with van der Waals surface area (Å²) in [6.07, 6.45) is 1.000. The van der Waals surface area contributed by atoms with Gasteiger partial charge in [-0.1, -0.05) is 25.1 Å². The Hall–Kier alpha value is -2.20. The molecule has 2 aromatic carbocycles. The van der Waals surface area contributed by atoms with Crippen molar-refractivity contribution in [3.63, 3.8) is 0 Å². The molecule has 8 heteroatoms. The van der Waals surface area contributed by atoms with E-state index in [1.165, 1.54) is 5.56 Å². The molecule has 0 aromatic heterocycles. The molecule has 0 fully saturated rings. The first-order valence-corrected chi connectivity index (χ1v) is 10.9. The first-order valence-electron chi connectivity index (χ1n) is 10.9. The van der Waals surface area contributed by atoms with Crippen LogP contribution in [0.4, 0.5) is 0 Å².